The molecule has 3 aromatic rings. The molecule has 0 radical (unpaired) electrons. The Morgan fingerprint density at radius 1 is 1.17 bits per heavy atom. The van der Waals surface area contributed by atoms with Gasteiger partial charge in [0.1, 0.15) is 11.4 Å². The largest absolute Gasteiger partial charge is 0.497 e. The monoisotopic (exact) mass is 410 g/mol. The lowest BCUT2D eigenvalue weighted by atomic mass is 10.1. The molecule has 2 amide bonds. The van der Waals surface area contributed by atoms with Crippen LogP contribution < -0.4 is 10.1 Å². The van der Waals surface area contributed by atoms with Gasteiger partial charge in [-0.2, -0.15) is 0 Å². The molecule has 148 valence electrons. The second kappa shape index (κ2) is 9.16. The average molecular weight is 411 g/mol. The summed E-state index contributed by atoms with van der Waals surface area (Å²) in [5, 5.41) is 3.13. The van der Waals surface area contributed by atoms with Crippen LogP contribution in [0, 0.1) is 0 Å². The Kier molecular flexibility index (Phi) is 6.41. The number of hydrogen-bond acceptors (Lipinski definition) is 5. The van der Waals surface area contributed by atoms with Gasteiger partial charge in [-0.15, -0.1) is 0 Å². The molecular formula is C21H19ClN4O3. The van der Waals surface area contributed by atoms with Crippen molar-refractivity contribution in [1.29, 1.82) is 0 Å². The minimum Gasteiger partial charge on any atom is -0.497 e. The first kappa shape index (κ1) is 20.3. The second-order valence-electron chi connectivity index (χ2n) is 6.21. The molecule has 0 bridgehead atoms. The molecule has 0 spiro atoms. The molecule has 1 N–H and O–H groups in total. The van der Waals surface area contributed by atoms with Crippen LogP contribution in [0.25, 0.3) is 0 Å². The Balaban J connectivity index is 1.81. The van der Waals surface area contributed by atoms with Crippen molar-refractivity contribution < 1.29 is 14.3 Å². The van der Waals surface area contributed by atoms with Crippen LogP contribution in [0.5, 0.6) is 5.75 Å². The number of nitrogens with one attached hydrogen (secondary N) is 1. The van der Waals surface area contributed by atoms with Crippen LogP contribution in [0.1, 0.15) is 26.4 Å². The van der Waals surface area contributed by atoms with Gasteiger partial charge in [0.2, 0.25) is 0 Å². The van der Waals surface area contributed by atoms with Gasteiger partial charge in [-0.1, -0.05) is 29.8 Å². The van der Waals surface area contributed by atoms with Gasteiger partial charge in [-0.05, 0) is 29.8 Å². The number of carbonyl (C=O) groups is 2. The van der Waals surface area contributed by atoms with Gasteiger partial charge in [0.15, 0.2) is 0 Å². The van der Waals surface area contributed by atoms with Crippen LogP contribution in [-0.4, -0.2) is 40.8 Å². The number of rotatable bonds is 6. The van der Waals surface area contributed by atoms with E-state index < -0.39 is 5.91 Å². The van der Waals surface area contributed by atoms with Gasteiger partial charge in [-0.3, -0.25) is 14.6 Å². The third kappa shape index (κ3) is 4.89. The molecule has 1 aromatic heterocycles. The van der Waals surface area contributed by atoms with E-state index in [1.165, 1.54) is 18.6 Å². The van der Waals surface area contributed by atoms with Crippen LogP contribution in [0.4, 0.5) is 5.69 Å². The molecule has 0 unspecified atom stereocenters. The SMILES string of the molecule is COc1cccc(C(=O)N(C)Cc2cccc(Cl)c2NC(=O)c2cnccn2)c1. The van der Waals surface area contributed by atoms with Crippen molar-refractivity contribution in [3.63, 3.8) is 0 Å². The van der Waals surface area contributed by atoms with E-state index in [-0.39, 0.29) is 18.1 Å². The number of para-hydroxylation sites is 1. The zero-order chi connectivity index (χ0) is 20.8. The highest BCUT2D eigenvalue weighted by atomic mass is 35.5. The lowest BCUT2D eigenvalue weighted by molar-refractivity contribution is 0.0785. The Morgan fingerprint density at radius 2 is 1.97 bits per heavy atom. The van der Waals surface area contributed by atoms with Crippen molar-refractivity contribution in [2.45, 2.75) is 6.54 Å². The molecule has 2 aromatic carbocycles. The third-order valence-electron chi connectivity index (χ3n) is 4.21. The Morgan fingerprint density at radius 3 is 2.69 bits per heavy atom. The smallest absolute Gasteiger partial charge is 0.275 e. The summed E-state index contributed by atoms with van der Waals surface area (Å²) >= 11 is 6.31. The van der Waals surface area contributed by atoms with E-state index in [0.717, 1.165) is 0 Å². The predicted molar refractivity (Wildman–Crippen MR) is 110 cm³/mol. The number of nitrogens with zero attached hydrogens (tertiary/aromatic N) is 3. The zero-order valence-electron chi connectivity index (χ0n) is 15.9. The van der Waals surface area contributed by atoms with Crippen LogP contribution in [0.3, 0.4) is 0 Å². The Hall–Kier alpha value is -3.45. The lowest BCUT2D eigenvalue weighted by Crippen LogP contribution is -2.27. The first-order valence-electron chi connectivity index (χ1n) is 8.74. The first-order chi connectivity index (χ1) is 14.0. The number of ether oxygens (including phenoxy) is 1. The highest BCUT2D eigenvalue weighted by Gasteiger charge is 2.18. The van der Waals surface area contributed by atoms with Gasteiger partial charge in [0.25, 0.3) is 11.8 Å². The van der Waals surface area contributed by atoms with Crippen molar-refractivity contribution in [3.05, 3.63) is 82.9 Å². The second-order valence-corrected chi connectivity index (χ2v) is 6.62. The summed E-state index contributed by atoms with van der Waals surface area (Å²) in [6.07, 6.45) is 4.28. The van der Waals surface area contributed by atoms with Gasteiger partial charge < -0.3 is 15.0 Å². The number of benzene rings is 2. The molecule has 0 saturated carbocycles. The summed E-state index contributed by atoms with van der Waals surface area (Å²) in [5.41, 5.74) is 1.78. The van der Waals surface area contributed by atoms with Gasteiger partial charge in [-0.25, -0.2) is 4.98 Å². The molecule has 8 heteroatoms. The summed E-state index contributed by atoms with van der Waals surface area (Å²) in [6.45, 7) is 0.243. The van der Waals surface area contributed by atoms with Crippen molar-refractivity contribution in [3.8, 4) is 5.75 Å². The van der Waals surface area contributed by atoms with E-state index in [0.29, 0.717) is 27.6 Å². The number of amides is 2. The molecule has 0 atom stereocenters. The van der Waals surface area contributed by atoms with E-state index in [9.17, 15) is 9.59 Å². The lowest BCUT2D eigenvalue weighted by Gasteiger charge is -2.20. The van der Waals surface area contributed by atoms with Crippen LogP contribution in [0.2, 0.25) is 5.02 Å². The average Bonchev–Trinajstić information content (AvgIpc) is 2.76. The van der Waals surface area contributed by atoms with Gasteiger partial charge >= 0.3 is 0 Å². The summed E-state index contributed by atoms with van der Waals surface area (Å²) in [6, 6.07) is 12.2. The summed E-state index contributed by atoms with van der Waals surface area (Å²) in [4.78, 5) is 34.7. The maximum Gasteiger partial charge on any atom is 0.275 e. The fourth-order valence-electron chi connectivity index (χ4n) is 2.74. The van der Waals surface area contributed by atoms with Crippen molar-refractivity contribution in [1.82, 2.24) is 14.9 Å². The standard InChI is InChI=1S/C21H19ClN4O3/c1-26(21(28)14-5-3-7-16(11-14)29-2)13-15-6-4-8-17(22)19(15)25-20(27)18-12-23-9-10-24-18/h3-12H,13H2,1-2H3,(H,25,27). The van der Waals surface area contributed by atoms with Crippen LogP contribution >= 0.6 is 11.6 Å². The van der Waals surface area contributed by atoms with E-state index in [1.54, 1.807) is 61.5 Å². The Labute approximate surface area is 173 Å². The molecule has 0 saturated heterocycles. The topological polar surface area (TPSA) is 84.4 Å². The van der Waals surface area contributed by atoms with Gasteiger partial charge in [0.05, 0.1) is 24.0 Å². The maximum atomic E-state index is 12.8. The molecular weight excluding hydrogens is 392 g/mol. The van der Waals surface area contributed by atoms with Crippen LogP contribution in [0.15, 0.2) is 61.1 Å². The number of methoxy groups -OCH3 is 1. The molecule has 3 rings (SSSR count). The maximum absolute atomic E-state index is 12.8. The van der Waals surface area contributed by atoms with E-state index in [4.69, 9.17) is 16.3 Å². The number of anilines is 1. The van der Waals surface area contributed by atoms with Crippen molar-refractivity contribution in [2.75, 3.05) is 19.5 Å². The number of halogens is 1. The third-order valence-corrected chi connectivity index (χ3v) is 4.52. The Bertz CT molecular complexity index is 1030. The van der Waals surface area contributed by atoms with Crippen molar-refractivity contribution >= 4 is 29.1 Å². The molecule has 0 fully saturated rings. The fourth-order valence-corrected chi connectivity index (χ4v) is 2.98. The number of aromatic nitrogens is 2. The van der Waals surface area contributed by atoms with E-state index in [2.05, 4.69) is 15.3 Å². The minimum absolute atomic E-state index is 0.166. The quantitative estimate of drug-likeness (QED) is 0.670. The predicted octanol–water partition coefficient (Wildman–Crippen LogP) is 3.66. The number of carbonyl (C=O) groups excluding carboxylic acids is 2. The fraction of sp³-hybridized carbons (Fsp3) is 0.143. The molecule has 7 nitrogen and oxygen atoms in total. The molecule has 29 heavy (non-hydrogen) atoms. The van der Waals surface area contributed by atoms with E-state index in [1.807, 2.05) is 0 Å². The molecule has 0 aliphatic heterocycles. The summed E-state index contributed by atoms with van der Waals surface area (Å²) in [5.74, 6) is -0.0202. The van der Waals surface area contributed by atoms with Crippen LogP contribution in [-0.2, 0) is 6.54 Å². The van der Waals surface area contributed by atoms with E-state index >= 15 is 0 Å². The number of hydrogen-bond donors (Lipinski definition) is 1. The molecule has 0 aliphatic carbocycles. The molecule has 1 heterocycles. The normalized spacial score (nSPS) is 10.3. The summed E-state index contributed by atoms with van der Waals surface area (Å²) in [7, 11) is 3.22. The van der Waals surface area contributed by atoms with Gasteiger partial charge in [0, 0.05) is 31.5 Å². The summed E-state index contributed by atoms with van der Waals surface area (Å²) < 4.78 is 5.18. The first-order valence-corrected chi connectivity index (χ1v) is 9.11. The minimum atomic E-state index is -0.436. The highest BCUT2D eigenvalue weighted by molar-refractivity contribution is 6.34. The highest BCUT2D eigenvalue weighted by Crippen LogP contribution is 2.28. The molecule has 0 aliphatic rings. The zero-order valence-corrected chi connectivity index (χ0v) is 16.7. The van der Waals surface area contributed by atoms with Crippen molar-refractivity contribution in [2.24, 2.45) is 0 Å².